The van der Waals surface area contributed by atoms with Crippen LogP contribution in [0.5, 0.6) is 0 Å². The molecule has 0 aliphatic carbocycles. The number of carbonyl (C=O) groups is 2. The summed E-state index contributed by atoms with van der Waals surface area (Å²) in [6.45, 7) is 0. The zero-order chi connectivity index (χ0) is 20.9. The van der Waals surface area contributed by atoms with E-state index in [4.69, 9.17) is 4.42 Å². The molecule has 7 nitrogen and oxygen atoms in total. The van der Waals surface area contributed by atoms with Crippen molar-refractivity contribution in [1.82, 2.24) is 0 Å². The molecule has 0 saturated carbocycles. The van der Waals surface area contributed by atoms with Gasteiger partial charge in [0, 0.05) is 15.8 Å². The minimum Gasteiger partial charge on any atom is -0.459 e. The van der Waals surface area contributed by atoms with Crippen molar-refractivity contribution in [2.24, 2.45) is 0 Å². The topological polar surface area (TPSA) is 105 Å². The molecular weight excluding hydrogens is 460 g/mol. The molecule has 2 N–H and O–H groups in total. The van der Waals surface area contributed by atoms with Gasteiger partial charge in [-0.3, -0.25) is 9.59 Å². The molecule has 0 fully saturated rings. The number of hydrogen-bond acceptors (Lipinski definition) is 5. The molecule has 0 spiro atoms. The second-order valence-electron chi connectivity index (χ2n) is 6.22. The van der Waals surface area contributed by atoms with E-state index in [2.05, 4.69) is 26.6 Å². The lowest BCUT2D eigenvalue weighted by Gasteiger charge is -2.08. The predicted octanol–water partition coefficient (Wildman–Crippen LogP) is 3.85. The zero-order valence-electron chi connectivity index (χ0n) is 15.1. The van der Waals surface area contributed by atoms with Gasteiger partial charge in [-0.1, -0.05) is 28.1 Å². The average molecular weight is 477 g/mol. The van der Waals surface area contributed by atoms with Crippen LogP contribution in [-0.2, 0) is 20.4 Å². The Morgan fingerprint density at radius 3 is 2.24 bits per heavy atom. The number of benzene rings is 2. The highest BCUT2D eigenvalue weighted by Gasteiger charge is 2.18. The van der Waals surface area contributed by atoms with Crippen LogP contribution in [0.2, 0.25) is 0 Å². The third-order valence-electron chi connectivity index (χ3n) is 3.80. The minimum atomic E-state index is -3.62. The SMILES string of the molecule is O=C(CS(=O)(=O)Cc1cccc(Br)c1)Nc1ccc(NC(=O)c2ccco2)cc1. The molecule has 2 amide bonds. The van der Waals surface area contributed by atoms with Gasteiger partial charge in [-0.25, -0.2) is 8.42 Å². The number of sulfone groups is 1. The fourth-order valence-electron chi connectivity index (χ4n) is 2.57. The van der Waals surface area contributed by atoms with E-state index in [1.165, 1.54) is 6.26 Å². The van der Waals surface area contributed by atoms with Crippen molar-refractivity contribution < 1.29 is 22.4 Å². The first kappa shape index (κ1) is 20.8. The molecule has 3 aromatic rings. The molecule has 0 aliphatic rings. The van der Waals surface area contributed by atoms with E-state index < -0.39 is 27.4 Å². The number of nitrogens with one attached hydrogen (secondary N) is 2. The molecule has 150 valence electrons. The van der Waals surface area contributed by atoms with Crippen molar-refractivity contribution in [3.05, 3.63) is 82.7 Å². The van der Waals surface area contributed by atoms with E-state index in [9.17, 15) is 18.0 Å². The molecule has 2 aromatic carbocycles. The van der Waals surface area contributed by atoms with Gasteiger partial charge in [0.05, 0.1) is 12.0 Å². The van der Waals surface area contributed by atoms with Gasteiger partial charge in [0.15, 0.2) is 15.6 Å². The van der Waals surface area contributed by atoms with Crippen molar-refractivity contribution in [2.45, 2.75) is 5.75 Å². The molecule has 0 bridgehead atoms. The van der Waals surface area contributed by atoms with Crippen LogP contribution in [0.3, 0.4) is 0 Å². The van der Waals surface area contributed by atoms with Crippen molar-refractivity contribution >= 4 is 49.0 Å². The molecule has 9 heteroatoms. The fourth-order valence-corrected chi connectivity index (χ4v) is 4.27. The lowest BCUT2D eigenvalue weighted by atomic mass is 10.2. The summed E-state index contributed by atoms with van der Waals surface area (Å²) in [5, 5.41) is 5.19. The Bertz CT molecular complexity index is 1110. The van der Waals surface area contributed by atoms with E-state index in [0.29, 0.717) is 16.9 Å². The van der Waals surface area contributed by atoms with Crippen molar-refractivity contribution in [2.75, 3.05) is 16.4 Å². The van der Waals surface area contributed by atoms with Gasteiger partial charge >= 0.3 is 0 Å². The van der Waals surface area contributed by atoms with Crippen LogP contribution in [0, 0.1) is 0 Å². The summed E-state index contributed by atoms with van der Waals surface area (Å²) < 4.78 is 30.3. The summed E-state index contributed by atoms with van der Waals surface area (Å²) in [5.74, 6) is -1.70. The van der Waals surface area contributed by atoms with Crippen LogP contribution in [0.4, 0.5) is 11.4 Å². The van der Waals surface area contributed by atoms with Gasteiger partial charge in [0.25, 0.3) is 5.91 Å². The van der Waals surface area contributed by atoms with Gasteiger partial charge in [-0.15, -0.1) is 0 Å². The van der Waals surface area contributed by atoms with Gasteiger partial charge in [-0.05, 0) is 54.1 Å². The van der Waals surface area contributed by atoms with Gasteiger partial charge < -0.3 is 15.1 Å². The van der Waals surface area contributed by atoms with Crippen LogP contribution < -0.4 is 10.6 Å². The van der Waals surface area contributed by atoms with Crippen LogP contribution in [0.25, 0.3) is 0 Å². The van der Waals surface area contributed by atoms with Gasteiger partial charge in [-0.2, -0.15) is 0 Å². The number of furan rings is 1. The molecule has 29 heavy (non-hydrogen) atoms. The third-order valence-corrected chi connectivity index (χ3v) is 5.77. The molecule has 0 radical (unpaired) electrons. The molecule has 1 aromatic heterocycles. The van der Waals surface area contributed by atoms with Crippen LogP contribution >= 0.6 is 15.9 Å². The molecular formula is C20H17BrN2O5S. The first-order valence-electron chi connectivity index (χ1n) is 8.50. The van der Waals surface area contributed by atoms with E-state index in [1.807, 2.05) is 0 Å². The summed E-state index contributed by atoms with van der Waals surface area (Å²) in [4.78, 5) is 24.0. The third kappa shape index (κ3) is 6.30. The summed E-state index contributed by atoms with van der Waals surface area (Å²) in [5.41, 5.74) is 1.53. The molecule has 0 unspecified atom stereocenters. The number of anilines is 2. The summed E-state index contributed by atoms with van der Waals surface area (Å²) >= 11 is 3.29. The Hall–Kier alpha value is -2.91. The van der Waals surface area contributed by atoms with E-state index in [0.717, 1.165) is 4.47 Å². The van der Waals surface area contributed by atoms with E-state index >= 15 is 0 Å². The molecule has 0 saturated heterocycles. The van der Waals surface area contributed by atoms with Crippen LogP contribution in [-0.4, -0.2) is 26.0 Å². The average Bonchev–Trinajstić information content (AvgIpc) is 3.17. The van der Waals surface area contributed by atoms with E-state index in [1.54, 1.807) is 60.7 Å². The Labute approximate surface area is 176 Å². The fraction of sp³-hybridized carbons (Fsp3) is 0.100. The highest BCUT2D eigenvalue weighted by atomic mass is 79.9. The normalized spacial score (nSPS) is 11.1. The largest absolute Gasteiger partial charge is 0.459 e. The lowest BCUT2D eigenvalue weighted by molar-refractivity contribution is -0.113. The van der Waals surface area contributed by atoms with Gasteiger partial charge in [0.1, 0.15) is 5.75 Å². The first-order valence-corrected chi connectivity index (χ1v) is 11.1. The second-order valence-corrected chi connectivity index (χ2v) is 9.20. The number of hydrogen-bond donors (Lipinski definition) is 2. The Balaban J connectivity index is 1.55. The number of rotatable bonds is 7. The first-order chi connectivity index (χ1) is 13.8. The number of halogens is 1. The molecule has 0 atom stereocenters. The highest BCUT2D eigenvalue weighted by Crippen LogP contribution is 2.17. The monoisotopic (exact) mass is 476 g/mol. The van der Waals surface area contributed by atoms with Crippen LogP contribution in [0.15, 0.2) is 75.8 Å². The zero-order valence-corrected chi connectivity index (χ0v) is 17.5. The molecule has 0 aliphatic heterocycles. The summed E-state index contributed by atoms with van der Waals surface area (Å²) in [6, 6.07) is 16.4. The second kappa shape index (κ2) is 9.06. The van der Waals surface area contributed by atoms with Crippen LogP contribution in [0.1, 0.15) is 16.1 Å². The highest BCUT2D eigenvalue weighted by molar-refractivity contribution is 9.10. The van der Waals surface area contributed by atoms with Crippen molar-refractivity contribution in [3.63, 3.8) is 0 Å². The minimum absolute atomic E-state index is 0.179. The quantitative estimate of drug-likeness (QED) is 0.538. The lowest BCUT2D eigenvalue weighted by Crippen LogP contribution is -2.24. The van der Waals surface area contributed by atoms with Gasteiger partial charge in [0.2, 0.25) is 5.91 Å². The smallest absolute Gasteiger partial charge is 0.291 e. The maximum Gasteiger partial charge on any atom is 0.291 e. The number of carbonyl (C=O) groups excluding carboxylic acids is 2. The molecule has 1 heterocycles. The Morgan fingerprint density at radius 2 is 1.62 bits per heavy atom. The maximum absolute atomic E-state index is 12.3. The molecule has 3 rings (SSSR count). The van der Waals surface area contributed by atoms with E-state index in [-0.39, 0.29) is 11.5 Å². The Morgan fingerprint density at radius 1 is 0.931 bits per heavy atom. The van der Waals surface area contributed by atoms with Crippen molar-refractivity contribution in [3.8, 4) is 0 Å². The maximum atomic E-state index is 12.3. The number of amides is 2. The predicted molar refractivity (Wildman–Crippen MR) is 113 cm³/mol. The Kier molecular flexibility index (Phi) is 6.50. The standard InChI is InChI=1S/C20H17BrN2O5S/c21-15-4-1-3-14(11-15)12-29(26,27)13-19(24)22-16-6-8-17(9-7-16)23-20(25)18-5-2-10-28-18/h1-11H,12-13H2,(H,22,24)(H,23,25). The van der Waals surface area contributed by atoms with Crippen molar-refractivity contribution in [1.29, 1.82) is 0 Å². The summed E-state index contributed by atoms with van der Waals surface area (Å²) in [6.07, 6.45) is 1.40. The summed E-state index contributed by atoms with van der Waals surface area (Å²) in [7, 11) is -3.62.